The Morgan fingerprint density at radius 1 is 1.64 bits per heavy atom. The maximum Gasteiger partial charge on any atom is 0.249 e. The normalized spacial score (nSPS) is 22.1. The predicted octanol–water partition coefficient (Wildman–Crippen LogP) is 0.111. The highest BCUT2D eigenvalue weighted by atomic mass is 16.2. The molecular formula is C9H15N3O2. The van der Waals surface area contributed by atoms with Crippen molar-refractivity contribution in [1.29, 1.82) is 5.41 Å². The second-order valence-corrected chi connectivity index (χ2v) is 3.41. The van der Waals surface area contributed by atoms with Crippen molar-refractivity contribution in [1.82, 2.24) is 10.2 Å². The predicted molar refractivity (Wildman–Crippen MR) is 52.0 cm³/mol. The Balaban J connectivity index is 2.71. The minimum absolute atomic E-state index is 0.117. The number of hydrogen-bond acceptors (Lipinski definition) is 3. The molecular weight excluding hydrogens is 182 g/mol. The van der Waals surface area contributed by atoms with Crippen molar-refractivity contribution in [2.45, 2.75) is 32.7 Å². The molecule has 1 atom stereocenters. The quantitative estimate of drug-likeness (QED) is 0.375. The second kappa shape index (κ2) is 4.21. The summed E-state index contributed by atoms with van der Waals surface area (Å²) in [7, 11) is 0. The molecule has 1 aliphatic rings. The third-order valence-electron chi connectivity index (χ3n) is 2.26. The minimum Gasteiger partial charge on any atom is -0.339 e. The van der Waals surface area contributed by atoms with E-state index in [1.807, 2.05) is 6.92 Å². The first-order valence-corrected chi connectivity index (χ1v) is 4.74. The Bertz CT molecular complexity index is 275. The van der Waals surface area contributed by atoms with Gasteiger partial charge in [-0.05, 0) is 13.3 Å². The number of amides is 2. The molecule has 5 heteroatoms. The van der Waals surface area contributed by atoms with E-state index < -0.39 is 6.04 Å². The van der Waals surface area contributed by atoms with Crippen LogP contribution >= 0.6 is 0 Å². The van der Waals surface area contributed by atoms with Crippen LogP contribution in [0, 0.1) is 5.41 Å². The summed E-state index contributed by atoms with van der Waals surface area (Å²) < 4.78 is 0. The van der Waals surface area contributed by atoms with Crippen molar-refractivity contribution >= 4 is 17.6 Å². The molecule has 1 fully saturated rings. The lowest BCUT2D eigenvalue weighted by Gasteiger charge is -2.33. The Morgan fingerprint density at radius 2 is 2.29 bits per heavy atom. The number of amidine groups is 1. The number of carbonyl (C=O) groups excluding carboxylic acids is 2. The zero-order valence-corrected chi connectivity index (χ0v) is 8.46. The fraction of sp³-hybridized carbons (Fsp3) is 0.667. The van der Waals surface area contributed by atoms with Crippen LogP contribution in [-0.2, 0) is 9.59 Å². The number of nitrogens with zero attached hydrogens (tertiary/aromatic N) is 1. The van der Waals surface area contributed by atoms with Gasteiger partial charge in [-0.25, -0.2) is 0 Å². The van der Waals surface area contributed by atoms with Crippen LogP contribution in [0.4, 0.5) is 0 Å². The third kappa shape index (κ3) is 2.10. The lowest BCUT2D eigenvalue weighted by molar-refractivity contribution is -0.137. The van der Waals surface area contributed by atoms with Gasteiger partial charge in [0.1, 0.15) is 6.04 Å². The van der Waals surface area contributed by atoms with Crippen molar-refractivity contribution in [3.63, 3.8) is 0 Å². The zero-order chi connectivity index (χ0) is 10.7. The molecule has 0 bridgehead atoms. The van der Waals surface area contributed by atoms with Gasteiger partial charge in [0.05, 0.1) is 12.4 Å². The van der Waals surface area contributed by atoms with Crippen molar-refractivity contribution in [3.05, 3.63) is 0 Å². The van der Waals surface area contributed by atoms with Gasteiger partial charge in [-0.15, -0.1) is 0 Å². The molecule has 1 aliphatic heterocycles. The van der Waals surface area contributed by atoms with E-state index in [0.717, 1.165) is 6.42 Å². The Hall–Kier alpha value is -1.39. The van der Waals surface area contributed by atoms with E-state index in [-0.39, 0.29) is 18.4 Å². The van der Waals surface area contributed by atoms with Gasteiger partial charge in [-0.2, -0.15) is 0 Å². The zero-order valence-electron chi connectivity index (χ0n) is 8.46. The number of carbonyl (C=O) groups is 2. The molecule has 2 amide bonds. The van der Waals surface area contributed by atoms with Crippen LogP contribution in [0.15, 0.2) is 0 Å². The molecule has 2 N–H and O–H groups in total. The Morgan fingerprint density at radius 3 is 2.86 bits per heavy atom. The highest BCUT2D eigenvalue weighted by Crippen LogP contribution is 2.08. The highest BCUT2D eigenvalue weighted by molar-refractivity contribution is 6.04. The van der Waals surface area contributed by atoms with Crippen LogP contribution in [0.2, 0.25) is 0 Å². The molecule has 0 spiro atoms. The molecule has 0 aliphatic carbocycles. The van der Waals surface area contributed by atoms with Gasteiger partial charge in [-0.3, -0.25) is 20.3 Å². The summed E-state index contributed by atoms with van der Waals surface area (Å²) >= 11 is 0. The van der Waals surface area contributed by atoms with Crippen molar-refractivity contribution < 1.29 is 9.59 Å². The lowest BCUT2D eigenvalue weighted by atomic mass is 10.1. The van der Waals surface area contributed by atoms with Gasteiger partial charge in [0.25, 0.3) is 0 Å². The van der Waals surface area contributed by atoms with E-state index in [0.29, 0.717) is 12.3 Å². The largest absolute Gasteiger partial charge is 0.339 e. The first-order valence-electron chi connectivity index (χ1n) is 4.74. The van der Waals surface area contributed by atoms with E-state index in [1.165, 1.54) is 0 Å². The van der Waals surface area contributed by atoms with E-state index in [2.05, 4.69) is 5.32 Å². The number of piperazine rings is 1. The van der Waals surface area contributed by atoms with Crippen LogP contribution in [0.25, 0.3) is 0 Å². The van der Waals surface area contributed by atoms with Crippen molar-refractivity contribution in [2.24, 2.45) is 0 Å². The molecule has 1 heterocycles. The van der Waals surface area contributed by atoms with Gasteiger partial charge >= 0.3 is 0 Å². The molecule has 0 aromatic heterocycles. The summed E-state index contributed by atoms with van der Waals surface area (Å²) in [5.74, 6) is -0.278. The smallest absolute Gasteiger partial charge is 0.249 e. The molecule has 78 valence electrons. The average Bonchev–Trinajstić information content (AvgIpc) is 2.11. The fourth-order valence-electron chi connectivity index (χ4n) is 1.42. The van der Waals surface area contributed by atoms with Gasteiger partial charge in [0.2, 0.25) is 11.8 Å². The first-order chi connectivity index (χ1) is 6.56. The molecule has 0 aromatic rings. The monoisotopic (exact) mass is 197 g/mol. The Kier molecular flexibility index (Phi) is 3.22. The standard InChI is InChI=1S/C9H15N3O2/c1-3-4-7(10)12-5-8(13)11-9(14)6(12)2/h6,10H,3-5H2,1-2H3,(H,11,13,14). The Labute approximate surface area is 83.0 Å². The van der Waals surface area contributed by atoms with E-state index in [4.69, 9.17) is 5.41 Å². The molecule has 1 unspecified atom stereocenters. The maximum atomic E-state index is 11.3. The van der Waals surface area contributed by atoms with Gasteiger partial charge in [0, 0.05) is 6.42 Å². The lowest BCUT2D eigenvalue weighted by Crippen LogP contribution is -2.58. The fourth-order valence-corrected chi connectivity index (χ4v) is 1.42. The van der Waals surface area contributed by atoms with Crippen LogP contribution in [0.5, 0.6) is 0 Å². The summed E-state index contributed by atoms with van der Waals surface area (Å²) in [4.78, 5) is 23.9. The highest BCUT2D eigenvalue weighted by Gasteiger charge is 2.31. The molecule has 1 saturated heterocycles. The molecule has 0 aromatic carbocycles. The number of hydrogen-bond donors (Lipinski definition) is 2. The van der Waals surface area contributed by atoms with Gasteiger partial charge in [-0.1, -0.05) is 6.92 Å². The minimum atomic E-state index is -0.410. The van der Waals surface area contributed by atoms with E-state index >= 15 is 0 Å². The van der Waals surface area contributed by atoms with Crippen LogP contribution < -0.4 is 5.32 Å². The first kappa shape index (κ1) is 10.7. The van der Waals surface area contributed by atoms with E-state index in [9.17, 15) is 9.59 Å². The molecule has 0 saturated carbocycles. The molecule has 0 radical (unpaired) electrons. The van der Waals surface area contributed by atoms with Crippen LogP contribution in [-0.4, -0.2) is 35.1 Å². The number of imide groups is 1. The van der Waals surface area contributed by atoms with Crippen LogP contribution in [0.3, 0.4) is 0 Å². The SMILES string of the molecule is CCCC(=N)N1CC(=O)NC(=O)C1C. The second-order valence-electron chi connectivity index (χ2n) is 3.41. The van der Waals surface area contributed by atoms with Crippen LogP contribution in [0.1, 0.15) is 26.7 Å². The maximum absolute atomic E-state index is 11.3. The summed E-state index contributed by atoms with van der Waals surface area (Å²) in [6, 6.07) is -0.410. The third-order valence-corrected chi connectivity index (χ3v) is 2.26. The van der Waals surface area contributed by atoms with Gasteiger partial charge < -0.3 is 4.90 Å². The van der Waals surface area contributed by atoms with Crippen molar-refractivity contribution in [2.75, 3.05) is 6.54 Å². The van der Waals surface area contributed by atoms with Crippen molar-refractivity contribution in [3.8, 4) is 0 Å². The molecule has 1 rings (SSSR count). The van der Waals surface area contributed by atoms with E-state index in [1.54, 1.807) is 11.8 Å². The summed E-state index contributed by atoms with van der Waals surface area (Å²) in [6.07, 6.45) is 1.45. The molecule has 14 heavy (non-hydrogen) atoms. The number of nitrogens with one attached hydrogen (secondary N) is 2. The summed E-state index contributed by atoms with van der Waals surface area (Å²) in [5, 5.41) is 9.93. The summed E-state index contributed by atoms with van der Waals surface area (Å²) in [5.41, 5.74) is 0. The average molecular weight is 197 g/mol. The summed E-state index contributed by atoms with van der Waals surface area (Å²) in [6.45, 7) is 3.78. The number of rotatable bonds is 2. The molecule has 5 nitrogen and oxygen atoms in total. The van der Waals surface area contributed by atoms with Gasteiger partial charge in [0.15, 0.2) is 0 Å². The topological polar surface area (TPSA) is 73.3 Å².